The van der Waals surface area contributed by atoms with Gasteiger partial charge in [0.05, 0.1) is 26.4 Å². The Kier molecular flexibility index (Phi) is 5.58. The molecule has 5 aromatic rings. The number of nitrogens with one attached hydrogen (secondary N) is 2. The number of fused-ring (bicyclic) bond motifs is 2. The van der Waals surface area contributed by atoms with Crippen molar-refractivity contribution in [1.29, 1.82) is 0 Å². The first-order valence-corrected chi connectivity index (χ1v) is 13.2. The first-order chi connectivity index (χ1) is 16.7. The molecule has 0 atom stereocenters. The Bertz CT molecular complexity index is 1730. The van der Waals surface area contributed by atoms with Crippen LogP contribution in [0.2, 0.25) is 0 Å². The number of sulfone groups is 1. The molecular weight excluding hydrogens is 484 g/mol. The highest BCUT2D eigenvalue weighted by Gasteiger charge is 2.18. The van der Waals surface area contributed by atoms with Gasteiger partial charge < -0.3 is 16.4 Å². The molecule has 9 nitrogen and oxygen atoms in total. The van der Waals surface area contributed by atoms with Crippen LogP contribution < -0.4 is 16.4 Å². The molecule has 35 heavy (non-hydrogen) atoms. The Morgan fingerprint density at radius 3 is 2.69 bits per heavy atom. The third kappa shape index (κ3) is 4.27. The number of aromatic nitrogens is 3. The summed E-state index contributed by atoms with van der Waals surface area (Å²) < 4.78 is 24.5. The van der Waals surface area contributed by atoms with Crippen LogP contribution in [-0.2, 0) is 9.84 Å². The molecule has 3 aromatic heterocycles. The minimum atomic E-state index is -3.35. The van der Waals surface area contributed by atoms with E-state index in [-0.39, 0.29) is 10.8 Å². The van der Waals surface area contributed by atoms with E-state index in [1.165, 1.54) is 17.7 Å². The van der Waals surface area contributed by atoms with Crippen LogP contribution in [0.15, 0.2) is 65.3 Å². The summed E-state index contributed by atoms with van der Waals surface area (Å²) in [5, 5.41) is 9.48. The van der Waals surface area contributed by atoms with Gasteiger partial charge in [0.1, 0.15) is 18.0 Å². The van der Waals surface area contributed by atoms with Crippen LogP contribution in [0.3, 0.4) is 0 Å². The Balaban J connectivity index is 1.53. The Labute approximate surface area is 205 Å². The summed E-state index contributed by atoms with van der Waals surface area (Å²) in [6.07, 6.45) is 4.14. The third-order valence-corrected chi connectivity index (χ3v) is 7.64. The van der Waals surface area contributed by atoms with Gasteiger partial charge in [-0.2, -0.15) is 0 Å². The van der Waals surface area contributed by atoms with Gasteiger partial charge in [0, 0.05) is 34.3 Å². The number of thiophene rings is 1. The Hall–Kier alpha value is -4.09. The zero-order valence-corrected chi connectivity index (χ0v) is 20.4. The molecular formula is C24H20N6O3S2. The maximum atomic E-state index is 13.2. The first-order valence-electron chi connectivity index (χ1n) is 10.5. The van der Waals surface area contributed by atoms with Gasteiger partial charge in [0.25, 0.3) is 5.91 Å². The number of nitrogens with two attached hydrogens (primary N) is 1. The maximum Gasteiger partial charge on any atom is 0.258 e. The van der Waals surface area contributed by atoms with Gasteiger partial charge in [-0.05, 0) is 36.8 Å². The quantitative estimate of drug-likeness (QED) is 0.317. The molecule has 0 radical (unpaired) electrons. The number of carbonyl (C=O) groups excluding carboxylic acids is 1. The fourth-order valence-corrected chi connectivity index (χ4v) is 5.35. The number of pyridine rings is 1. The molecule has 0 spiro atoms. The predicted molar refractivity (Wildman–Crippen MR) is 139 cm³/mol. The lowest BCUT2D eigenvalue weighted by atomic mass is 10.0. The lowest BCUT2D eigenvalue weighted by Crippen LogP contribution is -2.13. The van der Waals surface area contributed by atoms with Gasteiger partial charge in [-0.25, -0.2) is 23.4 Å². The van der Waals surface area contributed by atoms with Gasteiger partial charge in [0.2, 0.25) is 0 Å². The van der Waals surface area contributed by atoms with Crippen molar-refractivity contribution in [2.75, 3.05) is 22.6 Å². The van der Waals surface area contributed by atoms with Crippen molar-refractivity contribution in [3.05, 3.63) is 71.5 Å². The molecule has 0 unspecified atom stereocenters. The number of aryl methyl sites for hydroxylation is 1. The van der Waals surface area contributed by atoms with Crippen molar-refractivity contribution >= 4 is 71.1 Å². The molecule has 0 saturated carbocycles. The molecule has 5 rings (SSSR count). The van der Waals surface area contributed by atoms with Crippen molar-refractivity contribution < 1.29 is 13.2 Å². The minimum Gasteiger partial charge on any atom is -0.382 e. The van der Waals surface area contributed by atoms with E-state index in [1.807, 2.05) is 25.1 Å². The summed E-state index contributed by atoms with van der Waals surface area (Å²) in [5.74, 6) is 0.560. The van der Waals surface area contributed by atoms with Crippen LogP contribution in [0.5, 0.6) is 0 Å². The number of hydrogen-bond donors (Lipinski definition) is 3. The second-order valence-corrected chi connectivity index (χ2v) is 10.9. The van der Waals surface area contributed by atoms with Gasteiger partial charge in [-0.15, -0.1) is 11.3 Å². The second-order valence-electron chi connectivity index (χ2n) is 7.98. The van der Waals surface area contributed by atoms with E-state index in [9.17, 15) is 13.2 Å². The lowest BCUT2D eigenvalue weighted by Gasteiger charge is -2.15. The van der Waals surface area contributed by atoms with Crippen molar-refractivity contribution in [2.45, 2.75) is 11.8 Å². The van der Waals surface area contributed by atoms with Crippen LogP contribution in [0.4, 0.5) is 23.0 Å². The van der Waals surface area contributed by atoms with E-state index in [0.29, 0.717) is 38.8 Å². The maximum absolute atomic E-state index is 13.2. The van der Waals surface area contributed by atoms with Crippen molar-refractivity contribution in [1.82, 2.24) is 15.0 Å². The highest BCUT2D eigenvalue weighted by Crippen LogP contribution is 2.34. The zero-order valence-electron chi connectivity index (χ0n) is 18.7. The molecule has 176 valence electrons. The van der Waals surface area contributed by atoms with Crippen LogP contribution >= 0.6 is 11.3 Å². The fraction of sp³-hybridized carbons (Fsp3) is 0.0833. The van der Waals surface area contributed by atoms with Gasteiger partial charge >= 0.3 is 0 Å². The number of hydrogen-bond acceptors (Lipinski definition) is 9. The fourth-order valence-electron chi connectivity index (χ4n) is 3.78. The molecule has 0 fully saturated rings. The van der Waals surface area contributed by atoms with Crippen molar-refractivity contribution in [3.63, 3.8) is 0 Å². The molecule has 0 saturated heterocycles. The number of rotatable bonds is 5. The van der Waals surface area contributed by atoms with E-state index < -0.39 is 9.84 Å². The summed E-state index contributed by atoms with van der Waals surface area (Å²) >= 11 is 1.32. The van der Waals surface area contributed by atoms with Gasteiger partial charge in [-0.1, -0.05) is 18.2 Å². The first kappa shape index (κ1) is 22.7. The van der Waals surface area contributed by atoms with E-state index >= 15 is 0 Å². The standard InChI is InChI=1S/C24H20N6O3S2/c1-13-6-7-17-16(8-9-26-23(17)29-14-4-3-5-15(10-14)35(2,32)33)19(13)30-24(31)18-11-34-21-20(18)27-12-28-22(21)25/h3-12H,1-2H3,(H,26,29)(H,30,31)(H2,25,27,28). The van der Waals surface area contributed by atoms with E-state index in [2.05, 4.69) is 25.6 Å². The van der Waals surface area contributed by atoms with Crippen LogP contribution in [0.1, 0.15) is 15.9 Å². The monoisotopic (exact) mass is 504 g/mol. The third-order valence-electron chi connectivity index (χ3n) is 5.54. The van der Waals surface area contributed by atoms with Crippen LogP contribution in [0, 0.1) is 6.92 Å². The number of anilines is 4. The highest BCUT2D eigenvalue weighted by molar-refractivity contribution is 7.90. The molecule has 0 bridgehead atoms. The SMILES string of the molecule is Cc1ccc2c(Nc3cccc(S(C)(=O)=O)c3)nccc2c1NC(=O)c1csc2c(N)ncnc12. The van der Waals surface area contributed by atoms with Crippen molar-refractivity contribution in [2.24, 2.45) is 0 Å². The lowest BCUT2D eigenvalue weighted by molar-refractivity contribution is 0.102. The molecule has 0 aliphatic carbocycles. The summed E-state index contributed by atoms with van der Waals surface area (Å²) in [7, 11) is -3.35. The molecule has 2 aromatic carbocycles. The Morgan fingerprint density at radius 1 is 1.06 bits per heavy atom. The minimum absolute atomic E-state index is 0.207. The van der Waals surface area contributed by atoms with E-state index in [0.717, 1.165) is 22.6 Å². The highest BCUT2D eigenvalue weighted by atomic mass is 32.2. The second kappa shape index (κ2) is 8.60. The molecule has 3 heterocycles. The topological polar surface area (TPSA) is 140 Å². The summed E-state index contributed by atoms with van der Waals surface area (Å²) in [5.41, 5.74) is 8.94. The molecule has 4 N–H and O–H groups in total. The molecule has 11 heteroatoms. The van der Waals surface area contributed by atoms with Crippen LogP contribution in [0.25, 0.3) is 21.0 Å². The summed E-state index contributed by atoms with van der Waals surface area (Å²) in [6, 6.07) is 12.2. The van der Waals surface area contributed by atoms with Gasteiger partial charge in [0.15, 0.2) is 9.84 Å². The average Bonchev–Trinajstić information content (AvgIpc) is 3.26. The molecule has 0 aliphatic rings. The zero-order chi connectivity index (χ0) is 24.7. The largest absolute Gasteiger partial charge is 0.382 e. The molecule has 1 amide bonds. The van der Waals surface area contributed by atoms with Crippen LogP contribution in [-0.4, -0.2) is 35.5 Å². The Morgan fingerprint density at radius 2 is 1.89 bits per heavy atom. The van der Waals surface area contributed by atoms with E-state index in [4.69, 9.17) is 5.73 Å². The smallest absolute Gasteiger partial charge is 0.258 e. The van der Waals surface area contributed by atoms with Crippen molar-refractivity contribution in [3.8, 4) is 0 Å². The number of amides is 1. The number of carbonyl (C=O) groups is 1. The predicted octanol–water partition coefficient (Wildman–Crippen LogP) is 4.53. The summed E-state index contributed by atoms with van der Waals surface area (Å²) in [4.78, 5) is 26.1. The van der Waals surface area contributed by atoms with E-state index in [1.54, 1.807) is 35.8 Å². The number of nitrogens with zero attached hydrogens (tertiary/aromatic N) is 3. The summed E-state index contributed by atoms with van der Waals surface area (Å²) in [6.45, 7) is 1.91. The normalized spacial score (nSPS) is 11.6. The number of nitrogen functional groups attached to an aromatic ring is 1. The average molecular weight is 505 g/mol. The van der Waals surface area contributed by atoms with Gasteiger partial charge in [-0.3, -0.25) is 4.79 Å². The number of benzene rings is 2. The molecule has 0 aliphatic heterocycles.